The molecule has 0 radical (unpaired) electrons. The number of benzene rings is 2. The molecule has 3 N–H and O–H groups in total. The van der Waals surface area contributed by atoms with Crippen LogP contribution in [0.25, 0.3) is 0 Å². The van der Waals surface area contributed by atoms with Crippen LogP contribution >= 0.6 is 11.6 Å². The van der Waals surface area contributed by atoms with Gasteiger partial charge in [0.15, 0.2) is 0 Å². The van der Waals surface area contributed by atoms with E-state index in [1.807, 2.05) is 36.2 Å². The predicted molar refractivity (Wildman–Crippen MR) is 85.8 cm³/mol. The molecule has 0 bridgehead atoms. The SMILES string of the molecule is CN(Cc1ccccc1CC(=O)O)c1cc(Cl)ccc1N. The second-order valence-corrected chi connectivity index (χ2v) is 5.33. The van der Waals surface area contributed by atoms with E-state index in [0.717, 1.165) is 16.8 Å². The number of carboxylic acid groups (broad SMARTS) is 1. The van der Waals surface area contributed by atoms with E-state index >= 15 is 0 Å². The molecule has 5 heteroatoms. The zero-order valence-electron chi connectivity index (χ0n) is 11.7. The molecule has 0 saturated carbocycles. The van der Waals surface area contributed by atoms with Crippen LogP contribution in [0.5, 0.6) is 0 Å². The topological polar surface area (TPSA) is 66.6 Å². The summed E-state index contributed by atoms with van der Waals surface area (Å²) >= 11 is 6.00. The molecule has 110 valence electrons. The Morgan fingerprint density at radius 3 is 2.57 bits per heavy atom. The lowest BCUT2D eigenvalue weighted by Gasteiger charge is -2.22. The van der Waals surface area contributed by atoms with E-state index in [1.54, 1.807) is 18.2 Å². The number of nitrogen functional groups attached to an aromatic ring is 1. The molecule has 0 aliphatic heterocycles. The van der Waals surface area contributed by atoms with Crippen LogP contribution in [0.4, 0.5) is 11.4 Å². The number of nitrogens with zero attached hydrogens (tertiary/aromatic N) is 1. The van der Waals surface area contributed by atoms with E-state index in [9.17, 15) is 4.79 Å². The highest BCUT2D eigenvalue weighted by Gasteiger charge is 2.11. The average Bonchev–Trinajstić information content (AvgIpc) is 2.43. The summed E-state index contributed by atoms with van der Waals surface area (Å²) < 4.78 is 0. The fraction of sp³-hybridized carbons (Fsp3) is 0.188. The van der Waals surface area contributed by atoms with Crippen LogP contribution in [0.15, 0.2) is 42.5 Å². The molecule has 0 amide bonds. The largest absolute Gasteiger partial charge is 0.481 e. The van der Waals surface area contributed by atoms with Crippen molar-refractivity contribution in [2.24, 2.45) is 0 Å². The Morgan fingerprint density at radius 1 is 1.24 bits per heavy atom. The van der Waals surface area contributed by atoms with Gasteiger partial charge in [0.1, 0.15) is 0 Å². The second-order valence-electron chi connectivity index (χ2n) is 4.90. The van der Waals surface area contributed by atoms with Crippen molar-refractivity contribution in [3.05, 3.63) is 58.6 Å². The van der Waals surface area contributed by atoms with Crippen molar-refractivity contribution in [2.45, 2.75) is 13.0 Å². The van der Waals surface area contributed by atoms with Crippen LogP contribution < -0.4 is 10.6 Å². The maximum absolute atomic E-state index is 10.9. The molecule has 2 rings (SSSR count). The van der Waals surface area contributed by atoms with E-state index in [1.165, 1.54) is 0 Å². The number of anilines is 2. The minimum atomic E-state index is -0.840. The first kappa shape index (κ1) is 15.2. The molecule has 0 fully saturated rings. The first-order valence-corrected chi connectivity index (χ1v) is 6.90. The van der Waals surface area contributed by atoms with Gasteiger partial charge in [-0.1, -0.05) is 35.9 Å². The number of hydrogen-bond acceptors (Lipinski definition) is 3. The van der Waals surface area contributed by atoms with Crippen LogP contribution in [0.1, 0.15) is 11.1 Å². The molecule has 2 aromatic rings. The molecule has 0 heterocycles. The van der Waals surface area contributed by atoms with Gasteiger partial charge < -0.3 is 15.7 Å². The predicted octanol–water partition coefficient (Wildman–Crippen LogP) is 3.19. The van der Waals surface area contributed by atoms with Gasteiger partial charge in [0.05, 0.1) is 17.8 Å². The Hall–Kier alpha value is -2.20. The quantitative estimate of drug-likeness (QED) is 0.833. The zero-order chi connectivity index (χ0) is 15.4. The minimum Gasteiger partial charge on any atom is -0.481 e. The number of rotatable bonds is 5. The molecule has 0 saturated heterocycles. The molecule has 0 spiro atoms. The normalized spacial score (nSPS) is 10.4. The molecule has 0 aliphatic carbocycles. The number of hydrogen-bond donors (Lipinski definition) is 2. The number of carbonyl (C=O) groups is 1. The Labute approximate surface area is 128 Å². The zero-order valence-corrected chi connectivity index (χ0v) is 12.5. The van der Waals surface area contributed by atoms with Gasteiger partial charge in [0.25, 0.3) is 0 Å². The Morgan fingerprint density at radius 2 is 1.90 bits per heavy atom. The van der Waals surface area contributed by atoms with Gasteiger partial charge in [-0.2, -0.15) is 0 Å². The van der Waals surface area contributed by atoms with E-state index in [0.29, 0.717) is 17.3 Å². The van der Waals surface area contributed by atoms with Crippen LogP contribution in [0.3, 0.4) is 0 Å². The van der Waals surface area contributed by atoms with Gasteiger partial charge in [-0.25, -0.2) is 0 Å². The third-order valence-electron chi connectivity index (χ3n) is 3.27. The van der Waals surface area contributed by atoms with Crippen LogP contribution in [-0.2, 0) is 17.8 Å². The van der Waals surface area contributed by atoms with Crippen molar-refractivity contribution < 1.29 is 9.90 Å². The summed E-state index contributed by atoms with van der Waals surface area (Å²) in [6.07, 6.45) is 0.00897. The smallest absolute Gasteiger partial charge is 0.307 e. The lowest BCUT2D eigenvalue weighted by molar-refractivity contribution is -0.136. The molecular formula is C16H17ClN2O2. The van der Waals surface area contributed by atoms with Gasteiger partial charge in [-0.3, -0.25) is 4.79 Å². The fourth-order valence-corrected chi connectivity index (χ4v) is 2.40. The Balaban J connectivity index is 2.25. The molecule has 0 atom stereocenters. The summed E-state index contributed by atoms with van der Waals surface area (Å²) in [5.41, 5.74) is 9.19. The lowest BCUT2D eigenvalue weighted by atomic mass is 10.0. The van der Waals surface area contributed by atoms with Crippen molar-refractivity contribution in [3.8, 4) is 0 Å². The summed E-state index contributed by atoms with van der Waals surface area (Å²) in [7, 11) is 1.90. The van der Waals surface area contributed by atoms with Crippen molar-refractivity contribution in [1.82, 2.24) is 0 Å². The maximum atomic E-state index is 10.9. The number of halogens is 1. The van der Waals surface area contributed by atoms with E-state index < -0.39 is 5.97 Å². The molecular weight excluding hydrogens is 288 g/mol. The van der Waals surface area contributed by atoms with Crippen LogP contribution in [0.2, 0.25) is 5.02 Å². The highest BCUT2D eigenvalue weighted by molar-refractivity contribution is 6.31. The molecule has 0 unspecified atom stereocenters. The van der Waals surface area contributed by atoms with Crippen LogP contribution in [0, 0.1) is 0 Å². The van der Waals surface area contributed by atoms with Gasteiger partial charge in [-0.15, -0.1) is 0 Å². The summed E-state index contributed by atoms with van der Waals surface area (Å²) in [6, 6.07) is 12.8. The first-order chi connectivity index (χ1) is 9.97. The first-order valence-electron chi connectivity index (χ1n) is 6.52. The van der Waals surface area contributed by atoms with Crippen molar-refractivity contribution in [1.29, 1.82) is 0 Å². The Bertz CT molecular complexity index is 658. The van der Waals surface area contributed by atoms with Crippen LogP contribution in [-0.4, -0.2) is 18.1 Å². The standard InChI is InChI=1S/C16H17ClN2O2/c1-19(15-9-13(17)6-7-14(15)18)10-12-5-3-2-4-11(12)8-16(20)21/h2-7,9H,8,10,18H2,1H3,(H,20,21). The monoisotopic (exact) mass is 304 g/mol. The van der Waals surface area contributed by atoms with E-state index in [2.05, 4.69) is 0 Å². The highest BCUT2D eigenvalue weighted by atomic mass is 35.5. The summed E-state index contributed by atoms with van der Waals surface area (Å²) in [5, 5.41) is 9.59. The van der Waals surface area contributed by atoms with E-state index in [-0.39, 0.29) is 6.42 Å². The van der Waals surface area contributed by atoms with Crippen molar-refractivity contribution in [3.63, 3.8) is 0 Å². The summed E-state index contributed by atoms with van der Waals surface area (Å²) in [5.74, 6) is -0.840. The van der Waals surface area contributed by atoms with Gasteiger partial charge in [0.2, 0.25) is 0 Å². The third-order valence-corrected chi connectivity index (χ3v) is 3.51. The summed E-state index contributed by atoms with van der Waals surface area (Å²) in [4.78, 5) is 12.9. The van der Waals surface area contributed by atoms with Crippen molar-refractivity contribution in [2.75, 3.05) is 17.7 Å². The fourth-order valence-electron chi connectivity index (χ4n) is 2.24. The minimum absolute atomic E-state index is 0.00897. The average molecular weight is 305 g/mol. The van der Waals surface area contributed by atoms with Gasteiger partial charge in [0, 0.05) is 18.6 Å². The van der Waals surface area contributed by atoms with Gasteiger partial charge >= 0.3 is 5.97 Å². The molecule has 4 nitrogen and oxygen atoms in total. The molecule has 0 aromatic heterocycles. The molecule has 0 aliphatic rings. The number of nitrogens with two attached hydrogens (primary N) is 1. The van der Waals surface area contributed by atoms with Crippen molar-refractivity contribution >= 4 is 28.9 Å². The maximum Gasteiger partial charge on any atom is 0.307 e. The Kier molecular flexibility index (Phi) is 4.70. The molecule has 21 heavy (non-hydrogen) atoms. The van der Waals surface area contributed by atoms with E-state index in [4.69, 9.17) is 22.4 Å². The number of aliphatic carboxylic acids is 1. The summed E-state index contributed by atoms with van der Waals surface area (Å²) in [6.45, 7) is 0.563. The highest BCUT2D eigenvalue weighted by Crippen LogP contribution is 2.27. The van der Waals surface area contributed by atoms with Gasteiger partial charge in [-0.05, 0) is 29.3 Å². The lowest BCUT2D eigenvalue weighted by Crippen LogP contribution is -2.19. The third kappa shape index (κ3) is 3.89. The molecule has 2 aromatic carbocycles. The second kappa shape index (κ2) is 6.50. The number of carboxylic acids is 1.